The van der Waals surface area contributed by atoms with E-state index in [1.807, 2.05) is 0 Å². The van der Waals surface area contributed by atoms with Gasteiger partial charge in [-0.1, -0.05) is 26.0 Å². The maximum atomic E-state index is 5.69. The zero-order chi connectivity index (χ0) is 14.8. The molecule has 0 amide bonds. The molecule has 0 saturated heterocycles. The van der Waals surface area contributed by atoms with Crippen molar-refractivity contribution in [2.75, 3.05) is 26.9 Å². The minimum atomic E-state index is 0.372. The summed E-state index contributed by atoms with van der Waals surface area (Å²) in [5, 5.41) is 3.53. The van der Waals surface area contributed by atoms with Gasteiger partial charge in [0.05, 0.1) is 6.61 Å². The van der Waals surface area contributed by atoms with Gasteiger partial charge in [-0.3, -0.25) is 0 Å². The number of hydrogen-bond acceptors (Lipinski definition) is 3. The van der Waals surface area contributed by atoms with Crippen molar-refractivity contribution in [1.82, 2.24) is 5.32 Å². The third-order valence-corrected chi connectivity index (χ3v) is 3.19. The van der Waals surface area contributed by atoms with Crippen LogP contribution in [0.15, 0.2) is 24.3 Å². The SMILES string of the molecule is COCCCCNC(C)c1ccc(OCC(C)C)cc1. The second-order valence-electron chi connectivity index (χ2n) is 5.65. The molecule has 1 aromatic carbocycles. The molecular formula is C17H29NO2. The van der Waals surface area contributed by atoms with Gasteiger partial charge in [0.2, 0.25) is 0 Å². The monoisotopic (exact) mass is 279 g/mol. The van der Waals surface area contributed by atoms with E-state index in [2.05, 4.69) is 50.4 Å². The van der Waals surface area contributed by atoms with E-state index in [0.29, 0.717) is 12.0 Å². The lowest BCUT2D eigenvalue weighted by atomic mass is 10.1. The quantitative estimate of drug-likeness (QED) is 0.661. The van der Waals surface area contributed by atoms with Gasteiger partial charge in [0.1, 0.15) is 5.75 Å². The number of hydrogen-bond donors (Lipinski definition) is 1. The number of nitrogens with one attached hydrogen (secondary N) is 1. The molecule has 1 N–H and O–H groups in total. The van der Waals surface area contributed by atoms with Gasteiger partial charge in [0, 0.05) is 19.8 Å². The highest BCUT2D eigenvalue weighted by Crippen LogP contribution is 2.18. The molecule has 1 aromatic rings. The summed E-state index contributed by atoms with van der Waals surface area (Å²) in [6, 6.07) is 8.77. The van der Waals surface area contributed by atoms with Crippen LogP contribution >= 0.6 is 0 Å². The molecule has 3 nitrogen and oxygen atoms in total. The summed E-state index contributed by atoms with van der Waals surface area (Å²) in [7, 11) is 1.75. The zero-order valence-electron chi connectivity index (χ0n) is 13.3. The predicted molar refractivity (Wildman–Crippen MR) is 84.3 cm³/mol. The second-order valence-corrected chi connectivity index (χ2v) is 5.65. The van der Waals surface area contributed by atoms with Crippen LogP contribution in [0.1, 0.15) is 45.2 Å². The summed E-state index contributed by atoms with van der Waals surface area (Å²) < 4.78 is 10.7. The van der Waals surface area contributed by atoms with E-state index in [4.69, 9.17) is 9.47 Å². The fourth-order valence-corrected chi connectivity index (χ4v) is 1.92. The van der Waals surface area contributed by atoms with Gasteiger partial charge in [-0.05, 0) is 49.9 Å². The summed E-state index contributed by atoms with van der Waals surface area (Å²) in [5.41, 5.74) is 1.30. The Kier molecular flexibility index (Phi) is 8.31. The molecule has 0 fully saturated rings. The highest BCUT2D eigenvalue weighted by atomic mass is 16.5. The minimum absolute atomic E-state index is 0.372. The molecule has 0 saturated carbocycles. The van der Waals surface area contributed by atoms with Crippen LogP contribution in [0.5, 0.6) is 5.75 Å². The van der Waals surface area contributed by atoms with Crippen LogP contribution in [0, 0.1) is 5.92 Å². The Morgan fingerprint density at radius 3 is 2.35 bits per heavy atom. The summed E-state index contributed by atoms with van der Waals surface area (Å²) in [4.78, 5) is 0. The van der Waals surface area contributed by atoms with Crippen molar-refractivity contribution in [2.24, 2.45) is 5.92 Å². The van der Waals surface area contributed by atoms with Crippen LogP contribution in [-0.4, -0.2) is 26.9 Å². The lowest BCUT2D eigenvalue weighted by Gasteiger charge is -2.15. The standard InChI is InChI=1S/C17H29NO2/c1-14(2)13-20-17-9-7-16(8-10-17)15(3)18-11-5-6-12-19-4/h7-10,14-15,18H,5-6,11-13H2,1-4H3. The van der Waals surface area contributed by atoms with Crippen molar-refractivity contribution < 1.29 is 9.47 Å². The Balaban J connectivity index is 2.31. The van der Waals surface area contributed by atoms with Crippen LogP contribution < -0.4 is 10.1 Å². The smallest absolute Gasteiger partial charge is 0.119 e. The predicted octanol–water partition coefficient (Wildman–Crippen LogP) is 3.80. The molecule has 3 heteroatoms. The van der Waals surface area contributed by atoms with Crippen molar-refractivity contribution >= 4 is 0 Å². The number of methoxy groups -OCH3 is 1. The van der Waals surface area contributed by atoms with Gasteiger partial charge in [0.25, 0.3) is 0 Å². The molecule has 0 aliphatic heterocycles. The molecule has 0 aliphatic rings. The van der Waals surface area contributed by atoms with Crippen molar-refractivity contribution in [3.8, 4) is 5.75 Å². The van der Waals surface area contributed by atoms with Crippen LogP contribution in [0.2, 0.25) is 0 Å². The van der Waals surface area contributed by atoms with E-state index in [1.54, 1.807) is 7.11 Å². The Hall–Kier alpha value is -1.06. The van der Waals surface area contributed by atoms with Crippen molar-refractivity contribution in [3.63, 3.8) is 0 Å². The molecule has 0 aromatic heterocycles. The molecule has 20 heavy (non-hydrogen) atoms. The topological polar surface area (TPSA) is 30.5 Å². The molecule has 0 heterocycles. The Bertz CT molecular complexity index is 349. The summed E-state index contributed by atoms with van der Waals surface area (Å²) in [6.45, 7) is 9.15. The zero-order valence-corrected chi connectivity index (χ0v) is 13.3. The van der Waals surface area contributed by atoms with Gasteiger partial charge in [-0.2, -0.15) is 0 Å². The molecule has 114 valence electrons. The first-order valence-corrected chi connectivity index (χ1v) is 7.58. The van der Waals surface area contributed by atoms with Gasteiger partial charge in [-0.15, -0.1) is 0 Å². The minimum Gasteiger partial charge on any atom is -0.493 e. The fourth-order valence-electron chi connectivity index (χ4n) is 1.92. The van der Waals surface area contributed by atoms with Crippen LogP contribution in [-0.2, 0) is 4.74 Å². The van der Waals surface area contributed by atoms with Gasteiger partial charge in [0.15, 0.2) is 0 Å². The second kappa shape index (κ2) is 9.78. The Morgan fingerprint density at radius 2 is 1.75 bits per heavy atom. The average molecular weight is 279 g/mol. The first-order valence-electron chi connectivity index (χ1n) is 7.58. The first kappa shape index (κ1) is 17.0. The molecule has 1 rings (SSSR count). The number of ether oxygens (including phenoxy) is 2. The lowest BCUT2D eigenvalue weighted by Crippen LogP contribution is -2.20. The normalized spacial score (nSPS) is 12.7. The number of rotatable bonds is 10. The van der Waals surface area contributed by atoms with Gasteiger partial charge < -0.3 is 14.8 Å². The lowest BCUT2D eigenvalue weighted by molar-refractivity contribution is 0.192. The largest absolute Gasteiger partial charge is 0.493 e. The van der Waals surface area contributed by atoms with E-state index in [-0.39, 0.29) is 0 Å². The summed E-state index contributed by atoms with van der Waals surface area (Å²) in [5.74, 6) is 1.51. The number of unbranched alkanes of at least 4 members (excludes halogenated alkanes) is 1. The van der Waals surface area contributed by atoms with Crippen LogP contribution in [0.4, 0.5) is 0 Å². The Labute approximate surface area is 123 Å². The fraction of sp³-hybridized carbons (Fsp3) is 0.647. The molecule has 0 bridgehead atoms. The van der Waals surface area contributed by atoms with E-state index in [1.165, 1.54) is 5.56 Å². The van der Waals surface area contributed by atoms with Gasteiger partial charge in [-0.25, -0.2) is 0 Å². The van der Waals surface area contributed by atoms with E-state index >= 15 is 0 Å². The highest BCUT2D eigenvalue weighted by molar-refractivity contribution is 5.28. The average Bonchev–Trinajstić information content (AvgIpc) is 2.45. The highest BCUT2D eigenvalue weighted by Gasteiger charge is 2.05. The molecule has 1 atom stereocenters. The summed E-state index contributed by atoms with van der Waals surface area (Å²) >= 11 is 0. The summed E-state index contributed by atoms with van der Waals surface area (Å²) in [6.07, 6.45) is 2.26. The molecule has 0 spiro atoms. The van der Waals surface area contributed by atoms with Crippen molar-refractivity contribution in [2.45, 2.75) is 39.7 Å². The maximum Gasteiger partial charge on any atom is 0.119 e. The molecular weight excluding hydrogens is 250 g/mol. The van der Waals surface area contributed by atoms with Crippen molar-refractivity contribution in [3.05, 3.63) is 29.8 Å². The third-order valence-electron chi connectivity index (χ3n) is 3.19. The molecule has 0 radical (unpaired) electrons. The van der Waals surface area contributed by atoms with Crippen LogP contribution in [0.3, 0.4) is 0 Å². The van der Waals surface area contributed by atoms with Crippen LogP contribution in [0.25, 0.3) is 0 Å². The van der Waals surface area contributed by atoms with E-state index in [9.17, 15) is 0 Å². The third kappa shape index (κ3) is 6.92. The van der Waals surface area contributed by atoms with Crippen molar-refractivity contribution in [1.29, 1.82) is 0 Å². The van der Waals surface area contributed by atoms with E-state index in [0.717, 1.165) is 38.3 Å². The molecule has 1 unspecified atom stereocenters. The van der Waals surface area contributed by atoms with E-state index < -0.39 is 0 Å². The maximum absolute atomic E-state index is 5.69. The van der Waals surface area contributed by atoms with Gasteiger partial charge >= 0.3 is 0 Å². The molecule has 0 aliphatic carbocycles. The Morgan fingerprint density at radius 1 is 1.05 bits per heavy atom. The first-order chi connectivity index (χ1) is 9.63. The number of benzene rings is 1.